The smallest absolute Gasteiger partial charge is 0.335 e. The van der Waals surface area contributed by atoms with E-state index >= 15 is 0 Å². The van der Waals surface area contributed by atoms with Gasteiger partial charge in [0.1, 0.15) is 12.1 Å². The third kappa shape index (κ3) is 2.69. The van der Waals surface area contributed by atoms with Crippen molar-refractivity contribution in [3.8, 4) is 0 Å². The average Bonchev–Trinajstić information content (AvgIpc) is 2.93. The quantitative estimate of drug-likeness (QED) is 0.768. The molecule has 0 atom stereocenters. The molecule has 0 aliphatic rings. The minimum atomic E-state index is -0.925. The van der Waals surface area contributed by atoms with Crippen LogP contribution in [0.1, 0.15) is 21.5 Å². The molecule has 0 aliphatic carbocycles. The maximum Gasteiger partial charge on any atom is 0.335 e. The van der Waals surface area contributed by atoms with E-state index < -0.39 is 5.97 Å². The Hall–Kier alpha value is -2.89. The van der Waals surface area contributed by atoms with Crippen LogP contribution in [0, 0.1) is 6.92 Å². The fraction of sp³-hybridized carbons (Fsp3) is 0.133. The van der Waals surface area contributed by atoms with Crippen LogP contribution in [-0.2, 0) is 6.54 Å². The Bertz CT molecular complexity index is 810. The molecular formula is C15H14N4O2. The summed E-state index contributed by atoms with van der Waals surface area (Å²) in [6.45, 7) is 2.50. The average molecular weight is 282 g/mol. The number of nitrogens with one attached hydrogen (secondary N) is 1. The van der Waals surface area contributed by atoms with Gasteiger partial charge in [-0.3, -0.25) is 0 Å². The predicted molar refractivity (Wildman–Crippen MR) is 78.5 cm³/mol. The Labute approximate surface area is 121 Å². The molecule has 2 N–H and O–H groups in total. The summed E-state index contributed by atoms with van der Waals surface area (Å²) in [7, 11) is 0. The summed E-state index contributed by atoms with van der Waals surface area (Å²) in [4.78, 5) is 15.1. The van der Waals surface area contributed by atoms with Crippen molar-refractivity contribution < 1.29 is 9.90 Å². The van der Waals surface area contributed by atoms with E-state index in [2.05, 4.69) is 15.4 Å². The number of pyridine rings is 1. The molecule has 3 rings (SSSR count). The first-order valence-electron chi connectivity index (χ1n) is 6.50. The van der Waals surface area contributed by atoms with Crippen molar-refractivity contribution in [3.63, 3.8) is 0 Å². The highest BCUT2D eigenvalue weighted by Crippen LogP contribution is 2.15. The van der Waals surface area contributed by atoms with E-state index in [-0.39, 0.29) is 5.56 Å². The van der Waals surface area contributed by atoms with Gasteiger partial charge < -0.3 is 10.4 Å². The largest absolute Gasteiger partial charge is 0.478 e. The van der Waals surface area contributed by atoms with E-state index in [0.29, 0.717) is 6.54 Å². The number of benzene rings is 1. The number of aromatic nitrogens is 3. The molecular weight excluding hydrogens is 268 g/mol. The van der Waals surface area contributed by atoms with Gasteiger partial charge in [0, 0.05) is 6.54 Å². The SMILES string of the molecule is Cc1cc(NCc2cccc(C(=O)O)c2)n2ncnc2c1. The van der Waals surface area contributed by atoms with Gasteiger partial charge in [-0.25, -0.2) is 9.78 Å². The van der Waals surface area contributed by atoms with Gasteiger partial charge in [0.15, 0.2) is 5.65 Å². The fourth-order valence-corrected chi connectivity index (χ4v) is 2.19. The highest BCUT2D eigenvalue weighted by Gasteiger charge is 2.06. The fourth-order valence-electron chi connectivity index (χ4n) is 2.19. The van der Waals surface area contributed by atoms with Crippen LogP contribution >= 0.6 is 0 Å². The first-order valence-corrected chi connectivity index (χ1v) is 6.50. The highest BCUT2D eigenvalue weighted by atomic mass is 16.4. The second-order valence-corrected chi connectivity index (χ2v) is 4.81. The number of carboxylic acids is 1. The van der Waals surface area contributed by atoms with E-state index in [9.17, 15) is 4.79 Å². The van der Waals surface area contributed by atoms with E-state index in [1.807, 2.05) is 25.1 Å². The van der Waals surface area contributed by atoms with E-state index in [1.54, 1.807) is 22.7 Å². The molecule has 2 aromatic heterocycles. The zero-order valence-electron chi connectivity index (χ0n) is 11.4. The van der Waals surface area contributed by atoms with Crippen LogP contribution < -0.4 is 5.32 Å². The summed E-state index contributed by atoms with van der Waals surface area (Å²) >= 11 is 0. The van der Waals surface area contributed by atoms with Crippen molar-refractivity contribution in [1.82, 2.24) is 14.6 Å². The van der Waals surface area contributed by atoms with Crippen LogP contribution in [-0.4, -0.2) is 25.7 Å². The number of aromatic carboxylic acids is 1. The lowest BCUT2D eigenvalue weighted by Gasteiger charge is -2.09. The van der Waals surface area contributed by atoms with Crippen molar-refractivity contribution >= 4 is 17.4 Å². The second kappa shape index (κ2) is 5.24. The number of carbonyl (C=O) groups is 1. The van der Waals surface area contributed by atoms with Crippen LogP contribution in [0.5, 0.6) is 0 Å². The standard InChI is InChI=1S/C15H14N4O2/c1-10-5-13(19-14(6-10)17-9-18-19)16-8-11-3-2-4-12(7-11)15(20)21/h2-7,9,16H,8H2,1H3,(H,20,21). The third-order valence-electron chi connectivity index (χ3n) is 3.17. The second-order valence-electron chi connectivity index (χ2n) is 4.81. The van der Waals surface area contributed by atoms with Gasteiger partial charge >= 0.3 is 5.97 Å². The number of nitrogens with zero attached hydrogens (tertiary/aromatic N) is 3. The first kappa shape index (κ1) is 13.1. The Kier molecular flexibility index (Phi) is 3.27. The summed E-state index contributed by atoms with van der Waals surface area (Å²) in [5, 5.41) is 16.4. The molecule has 3 aromatic rings. The Morgan fingerprint density at radius 1 is 1.33 bits per heavy atom. The predicted octanol–water partition coefficient (Wildman–Crippen LogP) is 2.35. The number of hydrogen-bond donors (Lipinski definition) is 2. The van der Waals surface area contributed by atoms with E-state index in [0.717, 1.165) is 22.6 Å². The third-order valence-corrected chi connectivity index (χ3v) is 3.17. The molecule has 21 heavy (non-hydrogen) atoms. The number of aryl methyl sites for hydroxylation is 1. The van der Waals surface area contributed by atoms with Crippen LogP contribution in [0.25, 0.3) is 5.65 Å². The molecule has 0 radical (unpaired) electrons. The van der Waals surface area contributed by atoms with Crippen molar-refractivity contribution in [1.29, 1.82) is 0 Å². The minimum absolute atomic E-state index is 0.282. The van der Waals surface area contributed by atoms with Gasteiger partial charge in [-0.05, 0) is 42.3 Å². The van der Waals surface area contributed by atoms with Crippen LogP contribution in [0.15, 0.2) is 42.7 Å². The summed E-state index contributed by atoms with van der Waals surface area (Å²) in [5.41, 5.74) is 3.03. The maximum atomic E-state index is 11.0. The number of rotatable bonds is 4. The molecule has 0 aliphatic heterocycles. The zero-order chi connectivity index (χ0) is 14.8. The summed E-state index contributed by atoms with van der Waals surface area (Å²) in [5.74, 6) is -0.102. The first-order chi connectivity index (χ1) is 10.1. The molecule has 1 aromatic carbocycles. The Morgan fingerprint density at radius 2 is 2.19 bits per heavy atom. The van der Waals surface area contributed by atoms with Gasteiger partial charge in [0.05, 0.1) is 5.56 Å². The summed E-state index contributed by atoms with van der Waals surface area (Å²) < 4.78 is 1.72. The molecule has 0 spiro atoms. The van der Waals surface area contributed by atoms with Gasteiger partial charge in [0.25, 0.3) is 0 Å². The Balaban J connectivity index is 1.85. The van der Waals surface area contributed by atoms with Crippen molar-refractivity contribution in [3.05, 3.63) is 59.4 Å². The van der Waals surface area contributed by atoms with Crippen LogP contribution in [0.2, 0.25) is 0 Å². The molecule has 0 unspecified atom stereocenters. The Morgan fingerprint density at radius 3 is 3.00 bits per heavy atom. The number of hydrogen-bond acceptors (Lipinski definition) is 4. The molecule has 0 amide bonds. The van der Waals surface area contributed by atoms with E-state index in [4.69, 9.17) is 5.11 Å². The summed E-state index contributed by atoms with van der Waals surface area (Å²) in [6, 6.07) is 10.8. The lowest BCUT2D eigenvalue weighted by Crippen LogP contribution is -2.06. The van der Waals surface area contributed by atoms with E-state index in [1.165, 1.54) is 6.33 Å². The van der Waals surface area contributed by atoms with Crippen molar-refractivity contribution in [2.24, 2.45) is 0 Å². The lowest BCUT2D eigenvalue weighted by atomic mass is 10.1. The monoisotopic (exact) mass is 282 g/mol. The molecule has 106 valence electrons. The number of fused-ring (bicyclic) bond motifs is 1. The summed E-state index contributed by atoms with van der Waals surface area (Å²) in [6.07, 6.45) is 1.50. The molecule has 6 nitrogen and oxygen atoms in total. The highest BCUT2D eigenvalue weighted by molar-refractivity contribution is 5.87. The molecule has 0 bridgehead atoms. The van der Waals surface area contributed by atoms with Crippen molar-refractivity contribution in [2.75, 3.05) is 5.32 Å². The molecule has 0 saturated carbocycles. The van der Waals surface area contributed by atoms with Crippen LogP contribution in [0.3, 0.4) is 0 Å². The molecule has 6 heteroatoms. The van der Waals surface area contributed by atoms with Gasteiger partial charge in [0.2, 0.25) is 0 Å². The molecule has 0 saturated heterocycles. The van der Waals surface area contributed by atoms with Gasteiger partial charge in [-0.2, -0.15) is 9.61 Å². The van der Waals surface area contributed by atoms with Crippen molar-refractivity contribution in [2.45, 2.75) is 13.5 Å². The van der Waals surface area contributed by atoms with Gasteiger partial charge in [-0.15, -0.1) is 0 Å². The number of carboxylic acid groups (broad SMARTS) is 1. The number of anilines is 1. The zero-order valence-corrected chi connectivity index (χ0v) is 11.4. The normalized spacial score (nSPS) is 10.7. The minimum Gasteiger partial charge on any atom is -0.478 e. The van der Waals surface area contributed by atoms with Gasteiger partial charge in [-0.1, -0.05) is 12.1 Å². The topological polar surface area (TPSA) is 79.5 Å². The maximum absolute atomic E-state index is 11.0. The lowest BCUT2D eigenvalue weighted by molar-refractivity contribution is 0.0697. The molecule has 0 fully saturated rings. The molecule has 2 heterocycles. The van der Waals surface area contributed by atoms with Crippen LogP contribution in [0.4, 0.5) is 5.82 Å².